The molecule has 24 rings (SSSR count). The van der Waals surface area contributed by atoms with Crippen molar-refractivity contribution in [2.75, 3.05) is 0 Å². The average Bonchev–Trinajstić information content (AvgIpc) is 0.831. The number of benzene rings is 22. The third-order valence-corrected chi connectivity index (χ3v) is 25.2. The first-order chi connectivity index (χ1) is 58.6. The zero-order valence-electron chi connectivity index (χ0n) is 64.5. The Morgan fingerprint density at radius 1 is 0.127 bits per heavy atom. The summed E-state index contributed by atoms with van der Waals surface area (Å²) in [6.45, 7) is 0. The van der Waals surface area contributed by atoms with Crippen molar-refractivity contribution < 1.29 is 0 Å². The second kappa shape index (κ2) is 27.1. The van der Waals surface area contributed by atoms with Crippen LogP contribution in [0, 0.1) is 0 Å². The maximum absolute atomic E-state index is 2.49. The summed E-state index contributed by atoms with van der Waals surface area (Å²) in [5.74, 6) is 0. The minimum atomic E-state index is 1.10. The van der Waals surface area contributed by atoms with E-state index in [9.17, 15) is 0 Å². The molecule has 118 heavy (non-hydrogen) atoms. The van der Waals surface area contributed by atoms with E-state index in [0.29, 0.717) is 0 Å². The van der Waals surface area contributed by atoms with Gasteiger partial charge in [-0.05, 0) is 247 Å². The first kappa shape index (κ1) is 67.1. The van der Waals surface area contributed by atoms with Gasteiger partial charge in [0.1, 0.15) is 0 Å². The molecule has 0 N–H and O–H groups in total. The van der Waals surface area contributed by atoms with Crippen molar-refractivity contribution >= 4 is 119 Å². The number of hydrogen-bond acceptors (Lipinski definition) is 0. The van der Waals surface area contributed by atoms with Crippen LogP contribution in [0.5, 0.6) is 0 Å². The Balaban J connectivity index is 0.911. The van der Waals surface area contributed by atoms with Crippen LogP contribution in [0.25, 0.3) is 242 Å². The molecule has 2 aromatic heterocycles. The van der Waals surface area contributed by atoms with Crippen molar-refractivity contribution in [3.05, 3.63) is 437 Å². The Hall–Kier alpha value is -15.5. The van der Waals surface area contributed by atoms with Gasteiger partial charge < -0.3 is 9.13 Å². The highest BCUT2D eigenvalue weighted by atomic mass is 15.0. The quantitative estimate of drug-likeness (QED) is 0.0852. The van der Waals surface area contributed by atoms with Crippen LogP contribution in [0.1, 0.15) is 0 Å². The predicted octanol–water partition coefficient (Wildman–Crippen LogP) is 32.1. The van der Waals surface area contributed by atoms with E-state index in [2.05, 4.69) is 446 Å². The Kier molecular flexibility index (Phi) is 15.4. The number of aromatic nitrogens is 2. The SMILES string of the molecule is c1ccc(-c2c(-c3ccccc3)c(-c3ccc(-n4c5ccccc5c5ccccc54)cc3)c3c4cccc5c6c(-c7cccc(-c8cccc9ccccc89)c7)c(-c7ccccc7)c(-c7ccccc7)c(-c7cccc(-c8cccc9ccccc89)c7)c6c6cccc(c3c2-c2ccc(-n3c7ccccc7c7ccccc73)cc2)c6c45)cc1. The molecule has 2 heteroatoms. The zero-order valence-corrected chi connectivity index (χ0v) is 64.5. The molecule has 0 spiro atoms. The minimum absolute atomic E-state index is 1.10. The smallest absolute Gasteiger partial charge is 0.0541 e. The number of para-hydroxylation sites is 4. The standard InChI is InChI=1S/C116H72N2/c1-5-33-75(34-6-1)103-104(76-35-7-2-8-36-76)108(80-65-69-86(70-66-80)118-101-61-23-19-51-93(101)94-52-20-24-62-102(94)118)114-96-56-30-58-98-112(96)111-95(113(114)107(103)79-63-67-85(68-64-79)117-99-59-21-17-49-91(99)92-50-18-22-60-100(92)117)55-29-57-97(111)115-109(83-45-25-43-81(71-83)89-53-27-41-73-31-13-15-47-87(73)89)105(77-37-9-3-10-38-77)106(78-39-11-4-12-40-78)110(116(98)115)84-46-26-44-82(72-84)90-54-28-42-74-32-14-16-48-88(74)90/h1-72H. The van der Waals surface area contributed by atoms with Crippen molar-refractivity contribution in [2.24, 2.45) is 0 Å². The average molecular weight is 1490 g/mol. The number of fused-ring (bicyclic) bond motifs is 14. The molecule has 0 radical (unpaired) electrons. The van der Waals surface area contributed by atoms with Crippen molar-refractivity contribution in [3.8, 4) is 123 Å². The molecule has 0 atom stereocenters. The highest BCUT2D eigenvalue weighted by molar-refractivity contribution is 6.47. The van der Waals surface area contributed by atoms with Crippen LogP contribution < -0.4 is 0 Å². The van der Waals surface area contributed by atoms with E-state index >= 15 is 0 Å². The Bertz CT molecular complexity index is 7570. The van der Waals surface area contributed by atoms with Gasteiger partial charge in [0.05, 0.1) is 22.1 Å². The molecule has 0 unspecified atom stereocenters. The second-order valence-corrected chi connectivity index (χ2v) is 31.5. The van der Waals surface area contributed by atoms with E-state index in [1.165, 1.54) is 175 Å². The topological polar surface area (TPSA) is 9.86 Å². The molecule has 0 saturated carbocycles. The van der Waals surface area contributed by atoms with E-state index in [0.717, 1.165) is 67.0 Å². The molecule has 2 nitrogen and oxygen atoms in total. The van der Waals surface area contributed by atoms with Crippen LogP contribution in [0.15, 0.2) is 437 Å². The van der Waals surface area contributed by atoms with E-state index in [-0.39, 0.29) is 0 Å². The Morgan fingerprint density at radius 3 is 0.669 bits per heavy atom. The summed E-state index contributed by atoms with van der Waals surface area (Å²) in [6.07, 6.45) is 0. The van der Waals surface area contributed by atoms with Crippen molar-refractivity contribution in [3.63, 3.8) is 0 Å². The lowest BCUT2D eigenvalue weighted by Gasteiger charge is -2.29. The van der Waals surface area contributed by atoms with Crippen molar-refractivity contribution in [1.82, 2.24) is 9.13 Å². The molecular formula is C116H72N2. The predicted molar refractivity (Wildman–Crippen MR) is 503 cm³/mol. The monoisotopic (exact) mass is 1490 g/mol. The van der Waals surface area contributed by atoms with Crippen LogP contribution in [-0.4, -0.2) is 9.13 Å². The third kappa shape index (κ3) is 10.3. The molecule has 2 heterocycles. The molecule has 0 saturated heterocycles. The number of rotatable bonds is 12. The molecule has 0 aliphatic rings. The molecular weight excluding hydrogens is 1420 g/mol. The van der Waals surface area contributed by atoms with Gasteiger partial charge in [0.15, 0.2) is 0 Å². The van der Waals surface area contributed by atoms with Gasteiger partial charge >= 0.3 is 0 Å². The summed E-state index contributed by atoms with van der Waals surface area (Å²) in [7, 11) is 0. The molecule has 0 bridgehead atoms. The molecule has 24 aromatic rings. The van der Waals surface area contributed by atoms with E-state index in [4.69, 9.17) is 0 Å². The third-order valence-electron chi connectivity index (χ3n) is 25.2. The van der Waals surface area contributed by atoms with E-state index in [1.807, 2.05) is 0 Å². The fourth-order valence-corrected chi connectivity index (χ4v) is 20.4. The van der Waals surface area contributed by atoms with Crippen LogP contribution in [0.3, 0.4) is 0 Å². The molecule has 22 aromatic carbocycles. The Labute approximate surface area is 682 Å². The largest absolute Gasteiger partial charge is 0.309 e. The summed E-state index contributed by atoms with van der Waals surface area (Å²) in [4.78, 5) is 0. The van der Waals surface area contributed by atoms with Crippen LogP contribution in [0.4, 0.5) is 0 Å². The normalized spacial score (nSPS) is 11.9. The molecule has 0 aliphatic carbocycles. The summed E-state index contributed by atoms with van der Waals surface area (Å²) in [6, 6.07) is 165. The van der Waals surface area contributed by atoms with E-state index in [1.54, 1.807) is 0 Å². The molecule has 0 amide bonds. The van der Waals surface area contributed by atoms with Gasteiger partial charge in [0, 0.05) is 32.9 Å². The summed E-state index contributed by atoms with van der Waals surface area (Å²) in [5, 5.41) is 21.8. The van der Waals surface area contributed by atoms with Crippen molar-refractivity contribution in [1.29, 1.82) is 0 Å². The summed E-state index contributed by atoms with van der Waals surface area (Å²) in [5.41, 5.74) is 30.1. The number of nitrogens with zero attached hydrogens (tertiary/aromatic N) is 2. The first-order valence-corrected chi connectivity index (χ1v) is 41.0. The van der Waals surface area contributed by atoms with Gasteiger partial charge in [-0.3, -0.25) is 0 Å². The van der Waals surface area contributed by atoms with E-state index < -0.39 is 0 Å². The van der Waals surface area contributed by atoms with Gasteiger partial charge in [-0.1, -0.05) is 376 Å². The summed E-state index contributed by atoms with van der Waals surface area (Å²) < 4.78 is 4.89. The fraction of sp³-hybridized carbons (Fsp3) is 0. The maximum Gasteiger partial charge on any atom is 0.0541 e. The maximum atomic E-state index is 2.49. The van der Waals surface area contributed by atoms with Crippen LogP contribution in [-0.2, 0) is 0 Å². The Morgan fingerprint density at radius 2 is 0.347 bits per heavy atom. The lowest BCUT2D eigenvalue weighted by atomic mass is 9.73. The second-order valence-electron chi connectivity index (χ2n) is 31.5. The lowest BCUT2D eigenvalue weighted by molar-refractivity contribution is 1.18. The first-order valence-electron chi connectivity index (χ1n) is 41.0. The van der Waals surface area contributed by atoms with Crippen molar-refractivity contribution in [2.45, 2.75) is 0 Å². The minimum Gasteiger partial charge on any atom is -0.309 e. The van der Waals surface area contributed by atoms with Gasteiger partial charge in [-0.25, -0.2) is 0 Å². The fourth-order valence-electron chi connectivity index (χ4n) is 20.4. The van der Waals surface area contributed by atoms with Crippen LogP contribution >= 0.6 is 0 Å². The molecule has 0 fully saturated rings. The van der Waals surface area contributed by atoms with Gasteiger partial charge in [0.25, 0.3) is 0 Å². The zero-order chi connectivity index (χ0) is 77.5. The van der Waals surface area contributed by atoms with Gasteiger partial charge in [-0.15, -0.1) is 0 Å². The molecule has 546 valence electrons. The van der Waals surface area contributed by atoms with Gasteiger partial charge in [0.2, 0.25) is 0 Å². The highest BCUT2D eigenvalue weighted by Crippen LogP contribution is 2.61. The lowest BCUT2D eigenvalue weighted by Crippen LogP contribution is -2.02. The number of hydrogen-bond donors (Lipinski definition) is 0. The van der Waals surface area contributed by atoms with Crippen LogP contribution in [0.2, 0.25) is 0 Å². The summed E-state index contributed by atoms with van der Waals surface area (Å²) >= 11 is 0. The highest BCUT2D eigenvalue weighted by Gasteiger charge is 2.33. The van der Waals surface area contributed by atoms with Gasteiger partial charge in [-0.2, -0.15) is 0 Å². The molecule has 0 aliphatic heterocycles.